The van der Waals surface area contributed by atoms with Crippen LogP contribution in [0.15, 0.2) is 6.07 Å². The molecule has 2 heterocycles. The van der Waals surface area contributed by atoms with E-state index in [0.29, 0.717) is 5.69 Å². The average Bonchev–Trinajstić information content (AvgIpc) is 2.64. The van der Waals surface area contributed by atoms with Crippen LogP contribution in [0.5, 0.6) is 0 Å². The van der Waals surface area contributed by atoms with Crippen LogP contribution in [0.3, 0.4) is 0 Å². The second kappa shape index (κ2) is 4.76. The molecule has 0 aliphatic rings. The summed E-state index contributed by atoms with van der Waals surface area (Å²) in [4.78, 5) is 5.18. The zero-order valence-corrected chi connectivity index (χ0v) is 13.1. The van der Waals surface area contributed by atoms with Crippen molar-refractivity contribution in [2.24, 2.45) is 0 Å². The molecule has 0 aliphatic heterocycles. The van der Waals surface area contributed by atoms with Crippen molar-refractivity contribution in [2.75, 3.05) is 19.0 Å². The molecular weight excluding hydrogens is 305 g/mol. The summed E-state index contributed by atoms with van der Waals surface area (Å²) in [6.07, 6.45) is -4.54. The molecule has 0 radical (unpaired) electrons. The van der Waals surface area contributed by atoms with Crippen molar-refractivity contribution in [3.8, 4) is 0 Å². The van der Waals surface area contributed by atoms with Crippen molar-refractivity contribution in [1.29, 1.82) is 0 Å². The van der Waals surface area contributed by atoms with E-state index < -0.39 is 17.3 Å². The SMILES string of the molecule is CN(C)c1cc(C(F)(F)F)nc2c(Cl)c(C(C)(C)C)nn12. The van der Waals surface area contributed by atoms with Crippen LogP contribution in [0.1, 0.15) is 32.2 Å². The number of halogens is 4. The normalized spacial score (nSPS) is 13.0. The number of nitrogens with zero attached hydrogens (tertiary/aromatic N) is 4. The monoisotopic (exact) mass is 320 g/mol. The first-order valence-corrected chi connectivity index (χ1v) is 6.65. The highest BCUT2D eigenvalue weighted by Gasteiger charge is 2.35. The lowest BCUT2D eigenvalue weighted by atomic mass is 9.92. The molecular formula is C13H16ClF3N4. The van der Waals surface area contributed by atoms with Gasteiger partial charge in [-0.2, -0.15) is 22.8 Å². The number of rotatable bonds is 1. The van der Waals surface area contributed by atoms with E-state index in [-0.39, 0.29) is 16.5 Å². The second-order valence-corrected chi connectivity index (χ2v) is 6.42. The summed E-state index contributed by atoms with van der Waals surface area (Å²) in [5, 5.41) is 4.49. The van der Waals surface area contributed by atoms with Crippen LogP contribution in [0.4, 0.5) is 19.0 Å². The van der Waals surface area contributed by atoms with Gasteiger partial charge in [0.15, 0.2) is 11.3 Å². The Morgan fingerprint density at radius 1 is 1.19 bits per heavy atom. The Morgan fingerprint density at radius 3 is 2.19 bits per heavy atom. The highest BCUT2D eigenvalue weighted by Crippen LogP contribution is 2.36. The van der Waals surface area contributed by atoms with Crippen molar-refractivity contribution in [1.82, 2.24) is 14.6 Å². The molecule has 2 aromatic heterocycles. The van der Waals surface area contributed by atoms with Gasteiger partial charge in [-0.15, -0.1) is 0 Å². The van der Waals surface area contributed by atoms with E-state index in [1.54, 1.807) is 19.0 Å². The zero-order valence-electron chi connectivity index (χ0n) is 12.4. The van der Waals surface area contributed by atoms with Gasteiger partial charge in [0.1, 0.15) is 10.8 Å². The molecule has 21 heavy (non-hydrogen) atoms. The number of alkyl halides is 3. The number of fused-ring (bicyclic) bond motifs is 1. The first kappa shape index (κ1) is 15.9. The molecule has 0 amide bonds. The van der Waals surface area contributed by atoms with Crippen LogP contribution >= 0.6 is 11.6 Å². The first-order chi connectivity index (χ1) is 9.43. The molecule has 0 spiro atoms. The molecule has 0 N–H and O–H groups in total. The maximum atomic E-state index is 13.0. The lowest BCUT2D eigenvalue weighted by Gasteiger charge is -2.16. The van der Waals surface area contributed by atoms with E-state index in [0.717, 1.165) is 6.07 Å². The summed E-state index contributed by atoms with van der Waals surface area (Å²) in [5.74, 6) is 0.268. The van der Waals surface area contributed by atoms with E-state index in [9.17, 15) is 13.2 Å². The maximum Gasteiger partial charge on any atom is 0.433 e. The molecule has 2 aromatic rings. The topological polar surface area (TPSA) is 33.4 Å². The van der Waals surface area contributed by atoms with Gasteiger partial charge < -0.3 is 4.90 Å². The summed E-state index contributed by atoms with van der Waals surface area (Å²) in [6.45, 7) is 5.67. The molecule has 0 atom stereocenters. The Hall–Kier alpha value is -1.50. The minimum Gasteiger partial charge on any atom is -0.363 e. The molecule has 4 nitrogen and oxygen atoms in total. The van der Waals surface area contributed by atoms with Crippen LogP contribution in [0.25, 0.3) is 5.65 Å². The molecule has 2 rings (SSSR count). The van der Waals surface area contributed by atoms with Gasteiger partial charge in [-0.25, -0.2) is 4.98 Å². The Bertz CT molecular complexity index is 683. The molecule has 116 valence electrons. The van der Waals surface area contributed by atoms with Crippen molar-refractivity contribution in [3.63, 3.8) is 0 Å². The van der Waals surface area contributed by atoms with Gasteiger partial charge in [-0.05, 0) is 0 Å². The highest BCUT2D eigenvalue weighted by atomic mass is 35.5. The predicted molar refractivity (Wildman–Crippen MR) is 76.0 cm³/mol. The molecule has 0 aromatic carbocycles. The van der Waals surface area contributed by atoms with Crippen LogP contribution in [0, 0.1) is 0 Å². The summed E-state index contributed by atoms with van der Waals surface area (Å²) in [7, 11) is 3.28. The first-order valence-electron chi connectivity index (χ1n) is 6.27. The molecule has 0 fully saturated rings. The fourth-order valence-corrected chi connectivity index (χ4v) is 2.36. The van der Waals surface area contributed by atoms with Gasteiger partial charge in [0.25, 0.3) is 0 Å². The van der Waals surface area contributed by atoms with Gasteiger partial charge in [0, 0.05) is 25.6 Å². The van der Waals surface area contributed by atoms with E-state index in [1.807, 2.05) is 20.8 Å². The summed E-state index contributed by atoms with van der Waals surface area (Å²) < 4.78 is 40.3. The van der Waals surface area contributed by atoms with E-state index in [2.05, 4.69) is 10.1 Å². The fourth-order valence-electron chi connectivity index (χ4n) is 1.92. The Morgan fingerprint density at radius 2 is 1.76 bits per heavy atom. The second-order valence-electron chi connectivity index (χ2n) is 6.04. The average molecular weight is 321 g/mol. The van der Waals surface area contributed by atoms with Crippen molar-refractivity contribution < 1.29 is 13.2 Å². The lowest BCUT2D eigenvalue weighted by Crippen LogP contribution is -2.18. The number of anilines is 1. The Kier molecular flexibility index (Phi) is 3.60. The van der Waals surface area contributed by atoms with Gasteiger partial charge in [0.2, 0.25) is 0 Å². The molecule has 0 bridgehead atoms. The van der Waals surface area contributed by atoms with Crippen LogP contribution < -0.4 is 4.90 Å². The Labute approximate surface area is 125 Å². The van der Waals surface area contributed by atoms with Gasteiger partial charge in [-0.3, -0.25) is 0 Å². The molecule has 0 unspecified atom stereocenters. The van der Waals surface area contributed by atoms with Gasteiger partial charge in [0.05, 0.1) is 5.69 Å². The summed E-state index contributed by atoms with van der Waals surface area (Å²) in [6, 6.07) is 0.961. The van der Waals surface area contributed by atoms with Crippen LogP contribution in [0.2, 0.25) is 5.02 Å². The van der Waals surface area contributed by atoms with Gasteiger partial charge >= 0.3 is 6.18 Å². The number of aromatic nitrogens is 3. The highest BCUT2D eigenvalue weighted by molar-refractivity contribution is 6.34. The minimum atomic E-state index is -4.54. The molecule has 0 aliphatic carbocycles. The Balaban J connectivity index is 2.86. The molecule has 0 saturated heterocycles. The third-order valence-electron chi connectivity index (χ3n) is 2.97. The maximum absolute atomic E-state index is 13.0. The standard InChI is InChI=1S/C13H16ClF3N4/c1-12(2,3)10-9(14)11-18-7(13(15,16)17)6-8(20(4)5)21(11)19-10/h6H,1-5H3. The number of hydrogen-bond acceptors (Lipinski definition) is 3. The van der Waals surface area contributed by atoms with Crippen molar-refractivity contribution in [3.05, 3.63) is 22.5 Å². The van der Waals surface area contributed by atoms with Crippen molar-refractivity contribution >= 4 is 23.1 Å². The predicted octanol–water partition coefficient (Wildman–Crippen LogP) is 3.77. The van der Waals surface area contributed by atoms with E-state index >= 15 is 0 Å². The van der Waals surface area contributed by atoms with Crippen LogP contribution in [-0.2, 0) is 11.6 Å². The smallest absolute Gasteiger partial charge is 0.363 e. The quantitative estimate of drug-likeness (QED) is 0.802. The zero-order chi connectivity index (χ0) is 16.2. The summed E-state index contributed by atoms with van der Waals surface area (Å²) in [5.41, 5.74) is -0.854. The molecule has 0 saturated carbocycles. The van der Waals surface area contributed by atoms with E-state index in [1.165, 1.54) is 4.52 Å². The minimum absolute atomic E-state index is 0.0140. The van der Waals surface area contributed by atoms with Gasteiger partial charge in [-0.1, -0.05) is 32.4 Å². The van der Waals surface area contributed by atoms with Crippen molar-refractivity contribution in [2.45, 2.75) is 32.4 Å². The lowest BCUT2D eigenvalue weighted by molar-refractivity contribution is -0.141. The van der Waals surface area contributed by atoms with E-state index in [4.69, 9.17) is 11.6 Å². The number of hydrogen-bond donors (Lipinski definition) is 0. The summed E-state index contributed by atoms with van der Waals surface area (Å²) >= 11 is 6.21. The largest absolute Gasteiger partial charge is 0.433 e. The third kappa shape index (κ3) is 2.79. The fraction of sp³-hybridized carbons (Fsp3) is 0.538. The van der Waals surface area contributed by atoms with Crippen LogP contribution in [-0.4, -0.2) is 28.7 Å². The third-order valence-corrected chi connectivity index (χ3v) is 3.32. The molecule has 8 heteroatoms.